The van der Waals surface area contributed by atoms with Crippen molar-refractivity contribution in [2.45, 2.75) is 32.7 Å². The lowest BCUT2D eigenvalue weighted by Crippen LogP contribution is -2.45. The molecular formula is C14H18N4O2. The molecule has 1 atom stereocenters. The Labute approximate surface area is 116 Å². The maximum absolute atomic E-state index is 12.7. The van der Waals surface area contributed by atoms with E-state index in [1.54, 1.807) is 6.07 Å². The minimum Gasteiger partial charge on any atom is -0.337 e. The number of aromatic nitrogens is 2. The number of carbonyl (C=O) groups is 1. The zero-order valence-electron chi connectivity index (χ0n) is 11.7. The van der Waals surface area contributed by atoms with Gasteiger partial charge in [0.2, 0.25) is 0 Å². The molecule has 2 N–H and O–H groups in total. The van der Waals surface area contributed by atoms with Crippen LogP contribution in [-0.2, 0) is 0 Å². The quantitative estimate of drug-likeness (QED) is 0.849. The third kappa shape index (κ3) is 2.16. The molecule has 6 nitrogen and oxygen atoms in total. The highest BCUT2D eigenvalue weighted by Crippen LogP contribution is 2.24. The van der Waals surface area contributed by atoms with Crippen LogP contribution in [-0.4, -0.2) is 40.1 Å². The molecule has 0 saturated carbocycles. The first kappa shape index (κ1) is 13.1. The molecule has 106 valence electrons. The van der Waals surface area contributed by atoms with Gasteiger partial charge in [-0.3, -0.25) is 4.79 Å². The number of hydrogen-bond acceptors (Lipinski definition) is 5. The summed E-state index contributed by atoms with van der Waals surface area (Å²) in [6.45, 7) is 5.02. The van der Waals surface area contributed by atoms with E-state index in [-0.39, 0.29) is 11.9 Å². The van der Waals surface area contributed by atoms with Crippen LogP contribution in [0.2, 0.25) is 0 Å². The van der Waals surface area contributed by atoms with Gasteiger partial charge in [0.05, 0.1) is 16.6 Å². The number of nitrogens with zero attached hydrogens (tertiary/aromatic N) is 3. The van der Waals surface area contributed by atoms with Gasteiger partial charge in [0.15, 0.2) is 0 Å². The van der Waals surface area contributed by atoms with Gasteiger partial charge in [-0.2, -0.15) is 0 Å². The molecule has 0 radical (unpaired) electrons. The smallest absolute Gasteiger partial charge is 0.258 e. The molecule has 3 heterocycles. The van der Waals surface area contributed by atoms with Crippen LogP contribution in [0.4, 0.5) is 0 Å². The van der Waals surface area contributed by atoms with Crippen molar-refractivity contribution in [2.75, 3.05) is 13.1 Å². The maximum Gasteiger partial charge on any atom is 0.258 e. The molecule has 1 amide bonds. The Hall–Kier alpha value is -1.95. The Morgan fingerprint density at radius 2 is 2.30 bits per heavy atom. The van der Waals surface area contributed by atoms with Crippen LogP contribution in [0.25, 0.3) is 11.1 Å². The van der Waals surface area contributed by atoms with E-state index < -0.39 is 0 Å². The van der Waals surface area contributed by atoms with Crippen LogP contribution in [0.5, 0.6) is 0 Å². The number of fused-ring (bicyclic) bond motifs is 1. The molecule has 20 heavy (non-hydrogen) atoms. The second-order valence-electron chi connectivity index (χ2n) is 5.41. The van der Waals surface area contributed by atoms with Gasteiger partial charge >= 0.3 is 0 Å². The average Bonchev–Trinajstić information content (AvgIpc) is 2.78. The van der Waals surface area contributed by atoms with Gasteiger partial charge in [-0.15, -0.1) is 0 Å². The molecule has 3 rings (SSSR count). The van der Waals surface area contributed by atoms with Crippen molar-refractivity contribution in [2.24, 2.45) is 5.73 Å². The number of amides is 1. The van der Waals surface area contributed by atoms with E-state index in [9.17, 15) is 4.79 Å². The van der Waals surface area contributed by atoms with Gasteiger partial charge in [0.25, 0.3) is 11.6 Å². The SMILES string of the molecule is Cc1cc(C(=O)N2CCCC(N)C2)c2c(C)noc2n1. The Morgan fingerprint density at radius 3 is 3.05 bits per heavy atom. The number of likely N-dealkylation sites (tertiary alicyclic amines) is 1. The number of nitrogens with two attached hydrogens (primary N) is 1. The van der Waals surface area contributed by atoms with Crippen molar-refractivity contribution in [3.8, 4) is 0 Å². The van der Waals surface area contributed by atoms with E-state index in [0.29, 0.717) is 28.9 Å². The summed E-state index contributed by atoms with van der Waals surface area (Å²) in [4.78, 5) is 18.8. The number of carbonyl (C=O) groups excluding carboxylic acids is 1. The van der Waals surface area contributed by atoms with Gasteiger partial charge < -0.3 is 15.2 Å². The molecule has 0 bridgehead atoms. The van der Waals surface area contributed by atoms with E-state index >= 15 is 0 Å². The minimum atomic E-state index is -0.0121. The topological polar surface area (TPSA) is 85.2 Å². The number of pyridine rings is 1. The van der Waals surface area contributed by atoms with E-state index in [0.717, 1.165) is 25.1 Å². The molecule has 1 aliphatic heterocycles. The van der Waals surface area contributed by atoms with Crippen molar-refractivity contribution in [3.63, 3.8) is 0 Å². The van der Waals surface area contributed by atoms with Gasteiger partial charge in [-0.25, -0.2) is 4.98 Å². The predicted molar refractivity (Wildman–Crippen MR) is 74.4 cm³/mol. The summed E-state index contributed by atoms with van der Waals surface area (Å²) in [7, 11) is 0. The number of aryl methyl sites for hydroxylation is 2. The van der Waals surface area contributed by atoms with Crippen LogP contribution < -0.4 is 5.73 Å². The first-order chi connectivity index (χ1) is 9.56. The molecule has 6 heteroatoms. The first-order valence-electron chi connectivity index (χ1n) is 6.84. The zero-order chi connectivity index (χ0) is 14.3. The molecular weight excluding hydrogens is 256 g/mol. The number of piperidine rings is 1. The summed E-state index contributed by atoms with van der Waals surface area (Å²) in [5.41, 5.74) is 8.43. The van der Waals surface area contributed by atoms with Crippen molar-refractivity contribution in [1.29, 1.82) is 0 Å². The Morgan fingerprint density at radius 1 is 1.50 bits per heavy atom. The molecule has 0 aliphatic carbocycles. The highest BCUT2D eigenvalue weighted by Gasteiger charge is 2.25. The summed E-state index contributed by atoms with van der Waals surface area (Å²) in [5, 5.41) is 4.62. The molecule has 0 spiro atoms. The summed E-state index contributed by atoms with van der Waals surface area (Å²) in [6.07, 6.45) is 1.92. The molecule has 2 aromatic heterocycles. The first-order valence-corrected chi connectivity index (χ1v) is 6.84. The van der Waals surface area contributed by atoms with Gasteiger partial charge in [0, 0.05) is 24.8 Å². The Balaban J connectivity index is 2.04. The van der Waals surface area contributed by atoms with Gasteiger partial charge in [-0.1, -0.05) is 5.16 Å². The monoisotopic (exact) mass is 274 g/mol. The predicted octanol–water partition coefficient (Wildman–Crippen LogP) is 1.40. The van der Waals surface area contributed by atoms with Crippen LogP contribution in [0, 0.1) is 13.8 Å². The largest absolute Gasteiger partial charge is 0.337 e. The highest BCUT2D eigenvalue weighted by atomic mass is 16.5. The highest BCUT2D eigenvalue weighted by molar-refractivity contribution is 6.06. The molecule has 1 unspecified atom stereocenters. The van der Waals surface area contributed by atoms with E-state index in [4.69, 9.17) is 10.3 Å². The van der Waals surface area contributed by atoms with Crippen LogP contribution >= 0.6 is 0 Å². The van der Waals surface area contributed by atoms with Crippen LogP contribution in [0.15, 0.2) is 10.6 Å². The Kier molecular flexibility index (Phi) is 3.17. The average molecular weight is 274 g/mol. The van der Waals surface area contributed by atoms with E-state index in [2.05, 4.69) is 10.1 Å². The van der Waals surface area contributed by atoms with E-state index in [1.807, 2.05) is 18.7 Å². The number of rotatable bonds is 1. The summed E-state index contributed by atoms with van der Waals surface area (Å²) in [6, 6.07) is 1.87. The lowest BCUT2D eigenvalue weighted by Gasteiger charge is -2.31. The van der Waals surface area contributed by atoms with Gasteiger partial charge in [0.1, 0.15) is 0 Å². The maximum atomic E-state index is 12.7. The summed E-state index contributed by atoms with van der Waals surface area (Å²) >= 11 is 0. The minimum absolute atomic E-state index is 0.0121. The lowest BCUT2D eigenvalue weighted by atomic mass is 10.0. The van der Waals surface area contributed by atoms with Crippen LogP contribution in [0.3, 0.4) is 0 Å². The van der Waals surface area contributed by atoms with Crippen LogP contribution in [0.1, 0.15) is 34.6 Å². The molecule has 1 fully saturated rings. The fraction of sp³-hybridized carbons (Fsp3) is 0.500. The third-order valence-electron chi connectivity index (χ3n) is 3.72. The van der Waals surface area contributed by atoms with Crippen molar-refractivity contribution < 1.29 is 9.32 Å². The third-order valence-corrected chi connectivity index (χ3v) is 3.72. The molecule has 0 aromatic carbocycles. The lowest BCUT2D eigenvalue weighted by molar-refractivity contribution is 0.0710. The van der Waals surface area contributed by atoms with Crippen molar-refractivity contribution in [3.05, 3.63) is 23.0 Å². The molecule has 1 saturated heterocycles. The fourth-order valence-corrected chi connectivity index (χ4v) is 2.75. The Bertz CT molecular complexity index is 664. The van der Waals surface area contributed by atoms with Crippen molar-refractivity contribution >= 4 is 17.0 Å². The second-order valence-corrected chi connectivity index (χ2v) is 5.41. The standard InChI is InChI=1S/C14H18N4O2/c1-8-6-11(12-9(2)17-20-13(12)16-8)14(19)18-5-3-4-10(15)7-18/h6,10H,3-5,7,15H2,1-2H3. The van der Waals surface area contributed by atoms with Gasteiger partial charge in [-0.05, 0) is 32.8 Å². The van der Waals surface area contributed by atoms with E-state index in [1.165, 1.54) is 0 Å². The second kappa shape index (κ2) is 4.86. The summed E-state index contributed by atoms with van der Waals surface area (Å²) in [5.74, 6) is -0.0121. The molecule has 2 aromatic rings. The zero-order valence-corrected chi connectivity index (χ0v) is 11.7. The number of hydrogen-bond donors (Lipinski definition) is 1. The fourth-order valence-electron chi connectivity index (χ4n) is 2.75. The normalized spacial score (nSPS) is 19.6. The van der Waals surface area contributed by atoms with Crippen molar-refractivity contribution in [1.82, 2.24) is 15.0 Å². The molecule has 1 aliphatic rings. The summed E-state index contributed by atoms with van der Waals surface area (Å²) < 4.78 is 5.17.